The minimum atomic E-state index is -1.14. The first kappa shape index (κ1) is 26.3. The zero-order chi connectivity index (χ0) is 28.1. The van der Waals surface area contributed by atoms with Gasteiger partial charge >= 0.3 is 5.97 Å². The molecule has 3 atom stereocenters. The molecule has 40 heavy (non-hydrogen) atoms. The number of benzene rings is 2. The third-order valence-corrected chi connectivity index (χ3v) is 8.26. The van der Waals surface area contributed by atoms with E-state index in [9.17, 15) is 18.8 Å². The maximum Gasteiger partial charge on any atom is 0.305 e. The highest BCUT2D eigenvalue weighted by atomic mass is 32.2. The summed E-state index contributed by atoms with van der Waals surface area (Å²) < 4.78 is 47.9. The van der Waals surface area contributed by atoms with E-state index >= 15 is 4.39 Å². The topological polar surface area (TPSA) is 90.3 Å². The van der Waals surface area contributed by atoms with Crippen molar-refractivity contribution in [3.05, 3.63) is 92.9 Å². The van der Waals surface area contributed by atoms with Crippen LogP contribution >= 0.6 is 11.8 Å². The third-order valence-electron chi connectivity index (χ3n) is 7.15. The van der Waals surface area contributed by atoms with E-state index in [0.29, 0.717) is 5.56 Å². The summed E-state index contributed by atoms with van der Waals surface area (Å²) in [6, 6.07) is 10.8. The van der Waals surface area contributed by atoms with Crippen molar-refractivity contribution < 1.29 is 32.6 Å². The Labute approximate surface area is 232 Å². The van der Waals surface area contributed by atoms with Crippen molar-refractivity contribution in [1.29, 1.82) is 0 Å². The molecule has 1 fully saturated rings. The second-order valence-electron chi connectivity index (χ2n) is 9.59. The van der Waals surface area contributed by atoms with E-state index in [-0.39, 0.29) is 42.5 Å². The van der Waals surface area contributed by atoms with Crippen LogP contribution in [-0.4, -0.2) is 53.7 Å². The Morgan fingerprint density at radius 2 is 1.93 bits per heavy atom. The SMILES string of the molecule is CC(=O)OC(C)Oc1c2n(ccc1=O)N(C1c3ccccc3SCc3c1ccc(F)c3F)C1COCCN1C2=O. The lowest BCUT2D eigenvalue weighted by Crippen LogP contribution is -2.66. The number of hydrogen-bond donors (Lipinski definition) is 0. The number of hydrogen-bond acceptors (Lipinski definition) is 8. The number of aromatic nitrogens is 1. The first-order valence-electron chi connectivity index (χ1n) is 12.7. The fourth-order valence-corrected chi connectivity index (χ4v) is 6.62. The summed E-state index contributed by atoms with van der Waals surface area (Å²) in [7, 11) is 0. The summed E-state index contributed by atoms with van der Waals surface area (Å²) in [5, 5.41) is 1.85. The van der Waals surface area contributed by atoms with Gasteiger partial charge in [0.25, 0.3) is 5.91 Å². The summed E-state index contributed by atoms with van der Waals surface area (Å²) in [6.45, 7) is 3.30. The van der Waals surface area contributed by atoms with Crippen LogP contribution < -0.4 is 15.2 Å². The molecular weight excluding hydrogens is 544 g/mol. The number of pyridine rings is 1. The van der Waals surface area contributed by atoms with Crippen molar-refractivity contribution in [3.63, 3.8) is 0 Å². The molecule has 4 heterocycles. The number of esters is 1. The molecule has 0 aliphatic carbocycles. The smallest absolute Gasteiger partial charge is 0.305 e. The van der Waals surface area contributed by atoms with Crippen LogP contribution in [0.3, 0.4) is 0 Å². The van der Waals surface area contributed by atoms with Gasteiger partial charge in [-0.15, -0.1) is 11.8 Å². The normalized spacial score (nSPS) is 20.4. The fourth-order valence-electron chi connectivity index (χ4n) is 5.51. The molecule has 1 amide bonds. The molecule has 1 saturated heterocycles. The predicted molar refractivity (Wildman–Crippen MR) is 141 cm³/mol. The average Bonchev–Trinajstić information content (AvgIpc) is 3.09. The van der Waals surface area contributed by atoms with E-state index in [1.807, 2.05) is 29.3 Å². The van der Waals surface area contributed by atoms with Gasteiger partial charge in [-0.3, -0.25) is 24.1 Å². The number of fused-ring (bicyclic) bond motifs is 4. The molecule has 0 saturated carbocycles. The van der Waals surface area contributed by atoms with E-state index in [1.165, 1.54) is 42.5 Å². The molecule has 3 aliphatic rings. The van der Waals surface area contributed by atoms with Crippen molar-refractivity contribution in [3.8, 4) is 5.75 Å². The Morgan fingerprint density at radius 1 is 1.12 bits per heavy atom. The van der Waals surface area contributed by atoms with Crippen LogP contribution in [0.5, 0.6) is 5.75 Å². The molecule has 0 bridgehead atoms. The van der Waals surface area contributed by atoms with Crippen LogP contribution in [-0.2, 0) is 20.0 Å². The molecular formula is C28H25F2N3O6S. The molecule has 12 heteroatoms. The fraction of sp³-hybridized carbons (Fsp3) is 0.321. The monoisotopic (exact) mass is 569 g/mol. The first-order valence-corrected chi connectivity index (χ1v) is 13.7. The minimum Gasteiger partial charge on any atom is -0.448 e. The molecule has 2 aromatic carbocycles. The highest BCUT2D eigenvalue weighted by molar-refractivity contribution is 7.98. The highest BCUT2D eigenvalue weighted by Crippen LogP contribution is 2.45. The van der Waals surface area contributed by atoms with Crippen LogP contribution in [0.4, 0.5) is 8.78 Å². The van der Waals surface area contributed by atoms with Gasteiger partial charge in [0.15, 0.2) is 17.3 Å². The molecule has 1 aromatic heterocycles. The van der Waals surface area contributed by atoms with Gasteiger partial charge in [-0.25, -0.2) is 8.78 Å². The van der Waals surface area contributed by atoms with E-state index in [0.717, 1.165) is 16.5 Å². The quantitative estimate of drug-likeness (QED) is 0.348. The predicted octanol–water partition coefficient (Wildman–Crippen LogP) is 3.56. The lowest BCUT2D eigenvalue weighted by atomic mass is 9.93. The van der Waals surface area contributed by atoms with Crippen LogP contribution in [0, 0.1) is 11.6 Å². The van der Waals surface area contributed by atoms with Gasteiger partial charge in [-0.1, -0.05) is 24.3 Å². The van der Waals surface area contributed by atoms with Gasteiger partial charge in [0.05, 0.1) is 19.3 Å². The summed E-state index contributed by atoms with van der Waals surface area (Å²) in [6.07, 6.45) is -0.323. The summed E-state index contributed by atoms with van der Waals surface area (Å²) in [5.74, 6) is -3.02. The maximum absolute atomic E-state index is 15.3. The number of nitrogens with zero attached hydrogens (tertiary/aromatic N) is 3. The number of rotatable bonds is 4. The molecule has 0 spiro atoms. The number of carbonyl (C=O) groups is 2. The number of amides is 1. The Balaban J connectivity index is 1.61. The molecule has 208 valence electrons. The summed E-state index contributed by atoms with van der Waals surface area (Å²) in [4.78, 5) is 40.9. The van der Waals surface area contributed by atoms with Gasteiger partial charge in [0.1, 0.15) is 6.17 Å². The number of morpholine rings is 1. The van der Waals surface area contributed by atoms with Gasteiger partial charge in [0.2, 0.25) is 17.5 Å². The molecule has 0 radical (unpaired) electrons. The largest absolute Gasteiger partial charge is 0.448 e. The lowest BCUT2D eigenvalue weighted by molar-refractivity contribution is -0.158. The average molecular weight is 570 g/mol. The molecule has 0 N–H and O–H groups in total. The Bertz CT molecular complexity index is 1580. The van der Waals surface area contributed by atoms with Crippen LogP contribution in [0.1, 0.15) is 47.1 Å². The number of ether oxygens (including phenoxy) is 3. The summed E-state index contributed by atoms with van der Waals surface area (Å²) >= 11 is 1.40. The van der Waals surface area contributed by atoms with E-state index in [2.05, 4.69) is 0 Å². The second-order valence-corrected chi connectivity index (χ2v) is 10.6. The third kappa shape index (κ3) is 4.31. The second kappa shape index (κ2) is 10.3. The number of halogens is 2. The van der Waals surface area contributed by atoms with Gasteiger partial charge in [-0.2, -0.15) is 0 Å². The van der Waals surface area contributed by atoms with Gasteiger partial charge < -0.3 is 19.1 Å². The zero-order valence-electron chi connectivity index (χ0n) is 21.6. The Morgan fingerprint density at radius 3 is 2.73 bits per heavy atom. The molecule has 3 aromatic rings. The number of carbonyl (C=O) groups excluding carboxylic acids is 2. The zero-order valence-corrected chi connectivity index (χ0v) is 22.5. The van der Waals surface area contributed by atoms with Gasteiger partial charge in [0, 0.05) is 48.9 Å². The standard InChI is InChI=1S/C28H25F2N3O6S/c1-15(34)38-16(2)39-27-21(35)9-10-32-26(27)28(36)31-11-12-37-13-23(31)33(32)25-17-7-8-20(29)24(30)19(17)14-40-22-6-4-3-5-18(22)25/h3-10,16,23,25H,11-14H2,1-2H3. The van der Waals surface area contributed by atoms with Gasteiger partial charge in [-0.05, 0) is 23.3 Å². The minimum absolute atomic E-state index is 0.0665. The van der Waals surface area contributed by atoms with Crippen LogP contribution in [0.2, 0.25) is 0 Å². The highest BCUT2D eigenvalue weighted by Gasteiger charge is 2.46. The summed E-state index contributed by atoms with van der Waals surface area (Å²) in [5.41, 5.74) is 0.918. The molecule has 9 nitrogen and oxygen atoms in total. The Kier molecular flexibility index (Phi) is 6.75. The van der Waals surface area contributed by atoms with Crippen molar-refractivity contribution in [2.24, 2.45) is 0 Å². The van der Waals surface area contributed by atoms with E-state index in [1.54, 1.807) is 11.0 Å². The van der Waals surface area contributed by atoms with Crippen molar-refractivity contribution in [2.75, 3.05) is 24.8 Å². The maximum atomic E-state index is 15.3. The van der Waals surface area contributed by atoms with Crippen molar-refractivity contribution in [2.45, 2.75) is 43.0 Å². The lowest BCUT2D eigenvalue weighted by Gasteiger charge is -2.51. The van der Waals surface area contributed by atoms with Crippen molar-refractivity contribution >= 4 is 23.6 Å². The Hall–Kier alpha value is -3.90. The van der Waals surface area contributed by atoms with Crippen molar-refractivity contribution in [1.82, 2.24) is 9.58 Å². The molecule has 3 aliphatic heterocycles. The first-order chi connectivity index (χ1) is 19.3. The molecule has 3 unspecified atom stereocenters. The van der Waals surface area contributed by atoms with Crippen LogP contribution in [0.25, 0.3) is 0 Å². The van der Waals surface area contributed by atoms with E-state index in [4.69, 9.17) is 14.2 Å². The molecule has 6 rings (SSSR count). The van der Waals surface area contributed by atoms with E-state index < -0.39 is 47.4 Å². The number of thioether (sulfide) groups is 1. The van der Waals surface area contributed by atoms with Crippen LogP contribution in [0.15, 0.2) is 58.4 Å².